The fraction of sp³-hybridized carbons (Fsp3) is 0.389. The topological polar surface area (TPSA) is 147 Å². The van der Waals surface area contributed by atoms with Crippen molar-refractivity contribution in [2.45, 2.75) is 58.8 Å². The minimum absolute atomic E-state index is 0.0889. The highest BCUT2D eigenvalue weighted by atomic mass is 16.6. The van der Waals surface area contributed by atoms with Gasteiger partial charge in [0, 0.05) is 36.8 Å². The number of carbonyl (C=O) groups excluding carboxylic acids is 4. The van der Waals surface area contributed by atoms with E-state index >= 15 is 0 Å². The highest BCUT2D eigenvalue weighted by molar-refractivity contribution is 5.99. The first kappa shape index (κ1) is 35.0. The van der Waals surface area contributed by atoms with Crippen LogP contribution in [0, 0.1) is 5.92 Å². The average molecular weight is 644 g/mol. The van der Waals surface area contributed by atoms with Gasteiger partial charge in [-0.2, -0.15) is 0 Å². The number of fused-ring (bicyclic) bond motifs is 1. The van der Waals surface area contributed by atoms with E-state index in [9.17, 15) is 19.2 Å². The minimum atomic E-state index is -0.655. The standard InChI is InChI=1S/C36H45N5O6/c1-5-37-36(45)32(23(2)3)41-33(42)24(4)38-22-29(18-25-10-7-6-8-11-25)40-35(44)28-13-9-12-27(20-28)34(43)39-21-26-14-15-30-31(19-26)47-17-16-46-30/h6-15,19-20,23-24,29,32,38H,5,16-18,21-22H2,1-4H3,(H,37,45)(H,39,43)(H,40,44)(H,41,42)/t24-,29-,32-/m0/s1. The van der Waals surface area contributed by atoms with Gasteiger partial charge < -0.3 is 36.1 Å². The van der Waals surface area contributed by atoms with Crippen molar-refractivity contribution in [3.63, 3.8) is 0 Å². The average Bonchev–Trinajstić information content (AvgIpc) is 3.08. The van der Waals surface area contributed by atoms with E-state index in [4.69, 9.17) is 9.47 Å². The lowest BCUT2D eigenvalue weighted by atomic mass is 10.0. The number of hydrogen-bond acceptors (Lipinski definition) is 7. The SMILES string of the molecule is CCNC(=O)[C@@H](NC(=O)[C@H](C)NC[C@H](Cc1ccccc1)NC(=O)c1cccc(C(=O)NCc2ccc3c(c2)OCCO3)c1)C(C)C. The Morgan fingerprint density at radius 2 is 1.43 bits per heavy atom. The van der Waals surface area contributed by atoms with Crippen molar-refractivity contribution in [1.29, 1.82) is 0 Å². The molecule has 1 heterocycles. The van der Waals surface area contributed by atoms with E-state index in [0.29, 0.717) is 55.4 Å². The molecule has 1 aliphatic rings. The van der Waals surface area contributed by atoms with Gasteiger partial charge in [-0.3, -0.25) is 19.2 Å². The van der Waals surface area contributed by atoms with E-state index in [1.54, 1.807) is 31.2 Å². The van der Waals surface area contributed by atoms with E-state index in [-0.39, 0.29) is 42.1 Å². The first-order valence-corrected chi connectivity index (χ1v) is 16.1. The molecule has 4 rings (SSSR count). The Morgan fingerprint density at radius 3 is 2.13 bits per heavy atom. The summed E-state index contributed by atoms with van der Waals surface area (Å²) in [7, 11) is 0. The van der Waals surface area contributed by atoms with Crippen molar-refractivity contribution in [2.75, 3.05) is 26.3 Å². The molecule has 3 atom stereocenters. The van der Waals surface area contributed by atoms with E-state index in [1.165, 1.54) is 0 Å². The van der Waals surface area contributed by atoms with Gasteiger partial charge in [0.05, 0.1) is 6.04 Å². The van der Waals surface area contributed by atoms with Crippen LogP contribution < -0.4 is 36.1 Å². The molecule has 0 saturated carbocycles. The summed E-state index contributed by atoms with van der Waals surface area (Å²) in [6.07, 6.45) is 0.511. The summed E-state index contributed by atoms with van der Waals surface area (Å²) < 4.78 is 11.2. The van der Waals surface area contributed by atoms with Gasteiger partial charge in [-0.25, -0.2) is 0 Å². The van der Waals surface area contributed by atoms with Crippen molar-refractivity contribution in [1.82, 2.24) is 26.6 Å². The molecular weight excluding hydrogens is 598 g/mol. The van der Waals surface area contributed by atoms with Crippen LogP contribution in [0.25, 0.3) is 0 Å². The second kappa shape index (κ2) is 17.1. The number of amides is 4. The number of hydrogen-bond donors (Lipinski definition) is 5. The molecule has 0 aliphatic carbocycles. The van der Waals surface area contributed by atoms with Gasteiger partial charge in [-0.05, 0) is 67.6 Å². The van der Waals surface area contributed by atoms with Gasteiger partial charge in [0.25, 0.3) is 11.8 Å². The number of carbonyl (C=O) groups is 4. The molecule has 3 aromatic carbocycles. The lowest BCUT2D eigenvalue weighted by Gasteiger charge is -2.25. The molecule has 0 spiro atoms. The Hall–Kier alpha value is -4.90. The van der Waals surface area contributed by atoms with Crippen LogP contribution >= 0.6 is 0 Å². The van der Waals surface area contributed by atoms with Crippen LogP contribution in [0.4, 0.5) is 0 Å². The predicted octanol–water partition coefficient (Wildman–Crippen LogP) is 2.98. The Bertz CT molecular complexity index is 1530. The molecule has 3 aromatic rings. The zero-order chi connectivity index (χ0) is 33.8. The molecule has 47 heavy (non-hydrogen) atoms. The number of likely N-dealkylation sites (N-methyl/N-ethyl adjacent to an activating group) is 1. The van der Waals surface area contributed by atoms with Crippen molar-refractivity contribution in [3.8, 4) is 11.5 Å². The van der Waals surface area contributed by atoms with Crippen LogP contribution in [0.1, 0.15) is 59.5 Å². The van der Waals surface area contributed by atoms with E-state index < -0.39 is 12.1 Å². The van der Waals surface area contributed by atoms with Crippen molar-refractivity contribution < 1.29 is 28.7 Å². The van der Waals surface area contributed by atoms with Crippen LogP contribution in [-0.2, 0) is 22.6 Å². The van der Waals surface area contributed by atoms with Gasteiger partial charge in [0.1, 0.15) is 19.3 Å². The Morgan fingerprint density at radius 1 is 0.723 bits per heavy atom. The lowest BCUT2D eigenvalue weighted by molar-refractivity contribution is -0.130. The lowest BCUT2D eigenvalue weighted by Crippen LogP contribution is -2.55. The van der Waals surface area contributed by atoms with Crippen molar-refractivity contribution in [3.05, 3.63) is 95.1 Å². The number of nitrogens with one attached hydrogen (secondary N) is 5. The fourth-order valence-electron chi connectivity index (χ4n) is 5.13. The number of ether oxygens (including phenoxy) is 2. The molecule has 0 saturated heterocycles. The molecule has 11 heteroatoms. The van der Waals surface area contributed by atoms with Gasteiger partial charge in [0.2, 0.25) is 11.8 Å². The third-order valence-corrected chi connectivity index (χ3v) is 7.77. The molecule has 5 N–H and O–H groups in total. The summed E-state index contributed by atoms with van der Waals surface area (Å²) in [5.74, 6) is 0.0434. The summed E-state index contributed by atoms with van der Waals surface area (Å²) >= 11 is 0. The van der Waals surface area contributed by atoms with Crippen molar-refractivity contribution in [2.24, 2.45) is 5.92 Å². The maximum atomic E-state index is 13.5. The quantitative estimate of drug-likeness (QED) is 0.171. The molecular formula is C36H45N5O6. The van der Waals surface area contributed by atoms with Crippen LogP contribution in [0.15, 0.2) is 72.8 Å². The molecule has 0 bridgehead atoms. The predicted molar refractivity (Wildman–Crippen MR) is 179 cm³/mol. The normalized spacial score (nSPS) is 14.0. The van der Waals surface area contributed by atoms with Gasteiger partial charge in [-0.15, -0.1) is 0 Å². The van der Waals surface area contributed by atoms with Gasteiger partial charge >= 0.3 is 0 Å². The summed E-state index contributed by atoms with van der Waals surface area (Å²) in [6.45, 7) is 9.34. The first-order valence-electron chi connectivity index (χ1n) is 16.1. The van der Waals surface area contributed by atoms with Crippen molar-refractivity contribution >= 4 is 23.6 Å². The molecule has 4 amide bonds. The number of rotatable bonds is 15. The van der Waals surface area contributed by atoms with Gasteiger partial charge in [-0.1, -0.05) is 56.3 Å². The zero-order valence-electron chi connectivity index (χ0n) is 27.4. The Kier molecular flexibility index (Phi) is 12.7. The molecule has 250 valence electrons. The molecule has 0 unspecified atom stereocenters. The third-order valence-electron chi connectivity index (χ3n) is 7.77. The zero-order valence-corrected chi connectivity index (χ0v) is 27.4. The first-order chi connectivity index (χ1) is 22.6. The van der Waals surface area contributed by atoms with Gasteiger partial charge in [0.15, 0.2) is 11.5 Å². The smallest absolute Gasteiger partial charge is 0.251 e. The molecule has 0 radical (unpaired) electrons. The molecule has 0 aromatic heterocycles. The molecule has 1 aliphatic heterocycles. The summed E-state index contributed by atoms with van der Waals surface area (Å²) in [5.41, 5.74) is 2.56. The highest BCUT2D eigenvalue weighted by Crippen LogP contribution is 2.30. The van der Waals surface area contributed by atoms with Crippen LogP contribution in [0.3, 0.4) is 0 Å². The third kappa shape index (κ3) is 10.3. The van der Waals surface area contributed by atoms with E-state index in [2.05, 4.69) is 26.6 Å². The maximum absolute atomic E-state index is 13.5. The second-order valence-electron chi connectivity index (χ2n) is 11.9. The second-order valence-corrected chi connectivity index (χ2v) is 11.9. The summed E-state index contributed by atoms with van der Waals surface area (Å²) in [5, 5.41) is 14.8. The summed E-state index contributed by atoms with van der Waals surface area (Å²) in [6, 6.07) is 20.2. The Labute approximate surface area is 276 Å². The Balaban J connectivity index is 1.38. The maximum Gasteiger partial charge on any atom is 0.251 e. The van der Waals surface area contributed by atoms with Crippen LogP contribution in [-0.4, -0.2) is 68.1 Å². The van der Waals surface area contributed by atoms with Crippen LogP contribution in [0.5, 0.6) is 11.5 Å². The molecule has 11 nitrogen and oxygen atoms in total. The number of benzene rings is 3. The monoisotopic (exact) mass is 643 g/mol. The van der Waals surface area contributed by atoms with Crippen LogP contribution in [0.2, 0.25) is 0 Å². The van der Waals surface area contributed by atoms with E-state index in [1.807, 2.05) is 69.3 Å². The van der Waals surface area contributed by atoms with E-state index in [0.717, 1.165) is 11.1 Å². The highest BCUT2D eigenvalue weighted by Gasteiger charge is 2.26. The largest absolute Gasteiger partial charge is 0.486 e. The summed E-state index contributed by atoms with van der Waals surface area (Å²) in [4.78, 5) is 51.9. The minimum Gasteiger partial charge on any atom is -0.486 e. The molecule has 0 fully saturated rings. The fourth-order valence-corrected chi connectivity index (χ4v) is 5.13.